The van der Waals surface area contributed by atoms with Crippen molar-refractivity contribution in [3.05, 3.63) is 72.8 Å². The Morgan fingerprint density at radius 2 is 1.41 bits per heavy atom. The van der Waals surface area contributed by atoms with Crippen LogP contribution in [-0.2, 0) is 19.6 Å². The molecule has 2 heterocycles. The van der Waals surface area contributed by atoms with Gasteiger partial charge in [0, 0.05) is 69.1 Å². The zero-order chi connectivity index (χ0) is 16.8. The second-order valence-electron chi connectivity index (χ2n) is 5.61. The predicted octanol–water partition coefficient (Wildman–Crippen LogP) is 3.83. The van der Waals surface area contributed by atoms with Gasteiger partial charge in [-0.15, -0.1) is 37.2 Å². The highest BCUT2D eigenvalue weighted by atomic mass is 35.5. The van der Waals surface area contributed by atoms with Crippen molar-refractivity contribution in [2.24, 2.45) is 0 Å². The molecule has 0 N–H and O–H groups in total. The molecule has 0 amide bonds. The van der Waals surface area contributed by atoms with Crippen molar-refractivity contribution in [1.29, 1.82) is 0 Å². The van der Waals surface area contributed by atoms with Crippen LogP contribution in [-0.4, -0.2) is 37.1 Å². The Morgan fingerprint density at radius 3 is 1.85 bits per heavy atom. The third-order valence-electron chi connectivity index (χ3n) is 3.88. The second-order valence-corrected chi connectivity index (χ2v) is 5.61. The van der Waals surface area contributed by atoms with E-state index in [0.29, 0.717) is 12.1 Å². The van der Waals surface area contributed by atoms with Gasteiger partial charge in [-0.05, 0) is 6.07 Å². The first-order valence-corrected chi connectivity index (χ1v) is 7.78. The molecule has 0 unspecified atom stereocenters. The van der Waals surface area contributed by atoms with Gasteiger partial charge in [-0.3, -0.25) is 4.90 Å². The highest BCUT2D eigenvalue weighted by Crippen LogP contribution is 2.12. The molecule has 1 aromatic carbocycles. The van der Waals surface area contributed by atoms with E-state index in [9.17, 15) is 8.78 Å². The Labute approximate surface area is 175 Å². The Kier molecular flexibility index (Phi) is 11.9. The van der Waals surface area contributed by atoms with Crippen LogP contribution in [0.15, 0.2) is 55.6 Å². The Balaban J connectivity index is 0.00000225. The van der Waals surface area contributed by atoms with Crippen molar-refractivity contribution >= 4 is 37.2 Å². The summed E-state index contributed by atoms with van der Waals surface area (Å²) in [6.45, 7) is 3.42. The van der Waals surface area contributed by atoms with Gasteiger partial charge in [0.2, 0.25) is 0 Å². The van der Waals surface area contributed by atoms with Crippen LogP contribution in [0.1, 0.15) is 5.56 Å². The number of nitrogens with zero attached hydrogens (tertiary/aromatic N) is 5. The lowest BCUT2D eigenvalue weighted by Crippen LogP contribution is -2.30. The molecule has 5 nitrogen and oxygen atoms in total. The van der Waals surface area contributed by atoms with Crippen LogP contribution in [0.25, 0.3) is 0 Å². The van der Waals surface area contributed by atoms with Crippen molar-refractivity contribution in [2.45, 2.75) is 19.6 Å². The van der Waals surface area contributed by atoms with Crippen molar-refractivity contribution in [3.8, 4) is 0 Å². The van der Waals surface area contributed by atoms with Crippen molar-refractivity contribution in [3.63, 3.8) is 0 Å². The Morgan fingerprint density at radius 1 is 0.852 bits per heavy atom. The number of halogens is 5. The molecule has 150 valence electrons. The van der Waals surface area contributed by atoms with Gasteiger partial charge < -0.3 is 9.13 Å². The molecular weight excluding hydrogens is 419 g/mol. The largest absolute Gasteiger partial charge is 0.336 e. The van der Waals surface area contributed by atoms with Crippen LogP contribution in [0.4, 0.5) is 8.78 Å². The first-order valence-electron chi connectivity index (χ1n) is 7.78. The van der Waals surface area contributed by atoms with E-state index in [2.05, 4.69) is 14.9 Å². The average molecular weight is 441 g/mol. The van der Waals surface area contributed by atoms with Crippen LogP contribution in [0.2, 0.25) is 0 Å². The molecule has 0 aliphatic heterocycles. The van der Waals surface area contributed by atoms with E-state index in [4.69, 9.17) is 0 Å². The molecule has 0 aliphatic rings. The lowest BCUT2D eigenvalue weighted by Gasteiger charge is -2.23. The summed E-state index contributed by atoms with van der Waals surface area (Å²) in [4.78, 5) is 10.2. The summed E-state index contributed by atoms with van der Waals surface area (Å²) in [7, 11) is 0. The van der Waals surface area contributed by atoms with Gasteiger partial charge in [-0.2, -0.15) is 0 Å². The molecule has 0 bridgehead atoms. The zero-order valence-electron chi connectivity index (χ0n) is 14.4. The highest BCUT2D eigenvalue weighted by molar-refractivity contribution is 5.86. The van der Waals surface area contributed by atoms with Crippen LogP contribution in [0, 0.1) is 11.6 Å². The average Bonchev–Trinajstić information content (AvgIpc) is 3.26. The van der Waals surface area contributed by atoms with E-state index in [1.54, 1.807) is 25.0 Å². The molecule has 0 fully saturated rings. The van der Waals surface area contributed by atoms with E-state index in [0.717, 1.165) is 32.2 Å². The Hall–Kier alpha value is -1.67. The quantitative estimate of drug-likeness (QED) is 0.534. The maximum absolute atomic E-state index is 13.9. The van der Waals surface area contributed by atoms with Crippen molar-refractivity contribution in [2.75, 3.05) is 13.1 Å². The second kappa shape index (κ2) is 12.7. The van der Waals surface area contributed by atoms with Gasteiger partial charge in [0.25, 0.3) is 0 Å². The van der Waals surface area contributed by atoms with Gasteiger partial charge in [-0.25, -0.2) is 18.7 Å². The third-order valence-corrected chi connectivity index (χ3v) is 3.88. The van der Waals surface area contributed by atoms with Crippen LogP contribution in [0.3, 0.4) is 0 Å². The monoisotopic (exact) mass is 439 g/mol. The van der Waals surface area contributed by atoms with Gasteiger partial charge in [-0.1, -0.05) is 6.07 Å². The number of rotatable bonds is 8. The van der Waals surface area contributed by atoms with Crippen LogP contribution >= 0.6 is 37.2 Å². The predicted molar refractivity (Wildman–Crippen MR) is 108 cm³/mol. The van der Waals surface area contributed by atoms with E-state index in [1.165, 1.54) is 12.1 Å². The number of hydrogen-bond acceptors (Lipinski definition) is 3. The van der Waals surface area contributed by atoms with Gasteiger partial charge in [0.05, 0.1) is 12.7 Å². The molecule has 0 spiro atoms. The maximum atomic E-state index is 13.9. The first kappa shape index (κ1) is 25.3. The lowest BCUT2D eigenvalue weighted by atomic mass is 10.2. The molecule has 0 atom stereocenters. The minimum Gasteiger partial charge on any atom is -0.336 e. The molecule has 0 saturated heterocycles. The van der Waals surface area contributed by atoms with E-state index >= 15 is 0 Å². The summed E-state index contributed by atoms with van der Waals surface area (Å²) in [6, 6.07) is 3.73. The Bertz CT molecular complexity index is 716. The minimum atomic E-state index is -0.556. The minimum absolute atomic E-state index is 0. The summed E-state index contributed by atoms with van der Waals surface area (Å²) in [6.07, 6.45) is 10.8. The fourth-order valence-electron chi connectivity index (χ4n) is 2.51. The van der Waals surface area contributed by atoms with Crippen molar-refractivity contribution in [1.82, 2.24) is 24.0 Å². The lowest BCUT2D eigenvalue weighted by molar-refractivity contribution is 0.241. The summed E-state index contributed by atoms with van der Waals surface area (Å²) >= 11 is 0. The molecule has 10 heteroatoms. The maximum Gasteiger partial charge on any atom is 0.130 e. The van der Waals surface area contributed by atoms with Gasteiger partial charge >= 0.3 is 0 Å². The van der Waals surface area contributed by atoms with E-state index in [-0.39, 0.29) is 37.2 Å². The number of benzene rings is 1. The van der Waals surface area contributed by atoms with Gasteiger partial charge in [0.15, 0.2) is 0 Å². The standard InChI is InChI=1S/C17H19F2N5.3ClH/c18-16-2-1-15(17(19)11-16)12-22(7-9-23-5-3-20-13-23)8-10-24-6-4-21-14-24;;;/h1-6,11,13-14H,7-10,12H2;3*1H. The molecule has 3 rings (SSSR count). The van der Waals surface area contributed by atoms with Gasteiger partial charge in [0.1, 0.15) is 11.6 Å². The summed E-state index contributed by atoms with van der Waals surface area (Å²) < 4.78 is 31.0. The summed E-state index contributed by atoms with van der Waals surface area (Å²) in [5.41, 5.74) is 0.493. The smallest absolute Gasteiger partial charge is 0.130 e. The molecule has 0 saturated carbocycles. The summed E-state index contributed by atoms with van der Waals surface area (Å²) in [5.74, 6) is -1.06. The van der Waals surface area contributed by atoms with E-state index in [1.807, 2.05) is 21.5 Å². The molecule has 27 heavy (non-hydrogen) atoms. The van der Waals surface area contributed by atoms with Crippen molar-refractivity contribution < 1.29 is 8.78 Å². The number of aromatic nitrogens is 4. The molecule has 0 radical (unpaired) electrons. The third kappa shape index (κ3) is 7.84. The fourth-order valence-corrected chi connectivity index (χ4v) is 2.51. The highest BCUT2D eigenvalue weighted by Gasteiger charge is 2.11. The first-order chi connectivity index (χ1) is 11.7. The zero-order valence-corrected chi connectivity index (χ0v) is 16.9. The topological polar surface area (TPSA) is 38.9 Å². The SMILES string of the molecule is Cl.Cl.Cl.Fc1ccc(CN(CCn2ccnc2)CCn2ccnc2)c(F)c1. The number of hydrogen-bond donors (Lipinski definition) is 0. The summed E-state index contributed by atoms with van der Waals surface area (Å²) in [5, 5.41) is 0. The van der Waals surface area contributed by atoms with Crippen LogP contribution < -0.4 is 0 Å². The molecule has 0 aliphatic carbocycles. The number of imidazole rings is 2. The van der Waals surface area contributed by atoms with Crippen LogP contribution in [0.5, 0.6) is 0 Å². The molecule has 2 aromatic heterocycles. The fraction of sp³-hybridized carbons (Fsp3) is 0.294. The molecular formula is C17H22Cl3F2N5. The molecule has 3 aromatic rings. The van der Waals surface area contributed by atoms with E-state index < -0.39 is 11.6 Å². The normalized spacial score (nSPS) is 10.0.